The van der Waals surface area contributed by atoms with E-state index >= 15 is 0 Å². The van der Waals surface area contributed by atoms with Gasteiger partial charge in [-0.2, -0.15) is 0 Å². The molecule has 0 saturated carbocycles. The van der Waals surface area contributed by atoms with Crippen molar-refractivity contribution in [1.82, 2.24) is 0 Å². The molecule has 1 aromatic carbocycles. The molecule has 5 heteroatoms. The van der Waals surface area contributed by atoms with Crippen LogP contribution in [0.4, 0.5) is 10.1 Å². The highest BCUT2D eigenvalue weighted by Gasteiger charge is 2.29. The molecule has 1 aromatic rings. The highest BCUT2D eigenvalue weighted by Crippen LogP contribution is 2.31. The molecule has 0 aliphatic carbocycles. The molecule has 0 radical (unpaired) electrons. The number of carboxylic acids is 1. The largest absolute Gasteiger partial charge is 0.480 e. The maximum absolute atomic E-state index is 13.4. The van der Waals surface area contributed by atoms with E-state index < -0.39 is 17.8 Å². The number of rotatable bonds is 1. The fourth-order valence-corrected chi connectivity index (χ4v) is 1.70. The summed E-state index contributed by atoms with van der Waals surface area (Å²) in [6.07, 6.45) is 0.136. The molecule has 0 aromatic heterocycles. The van der Waals surface area contributed by atoms with Gasteiger partial charge in [-0.25, -0.2) is 9.18 Å². The molecule has 2 rings (SSSR count). The maximum atomic E-state index is 13.4. The second-order valence-electron chi connectivity index (χ2n) is 3.13. The zero-order valence-electron chi connectivity index (χ0n) is 7.05. The second-order valence-corrected chi connectivity index (χ2v) is 3.53. The topological polar surface area (TPSA) is 49.3 Å². The highest BCUT2D eigenvalue weighted by atomic mass is 35.5. The lowest BCUT2D eigenvalue weighted by atomic mass is 10.1. The third kappa shape index (κ3) is 1.32. The molecule has 0 saturated heterocycles. The van der Waals surface area contributed by atoms with Gasteiger partial charge in [-0.15, -0.1) is 0 Å². The smallest absolute Gasteiger partial charge is 0.326 e. The summed E-state index contributed by atoms with van der Waals surface area (Å²) in [5.74, 6) is -1.52. The Morgan fingerprint density at radius 1 is 1.64 bits per heavy atom. The van der Waals surface area contributed by atoms with Crippen LogP contribution in [0.1, 0.15) is 5.56 Å². The van der Waals surface area contributed by atoms with Crippen LogP contribution < -0.4 is 5.32 Å². The van der Waals surface area contributed by atoms with Gasteiger partial charge in [0.2, 0.25) is 0 Å². The minimum atomic E-state index is -0.989. The number of halogens is 2. The van der Waals surface area contributed by atoms with Crippen molar-refractivity contribution in [3.63, 3.8) is 0 Å². The Morgan fingerprint density at radius 3 is 3.00 bits per heavy atom. The summed E-state index contributed by atoms with van der Waals surface area (Å²) >= 11 is 5.57. The number of nitrogens with one attached hydrogen (secondary N) is 1. The van der Waals surface area contributed by atoms with Crippen LogP contribution in [0.2, 0.25) is 5.02 Å². The minimum Gasteiger partial charge on any atom is -0.480 e. The van der Waals surface area contributed by atoms with Crippen LogP contribution in [0.5, 0.6) is 0 Å². The van der Waals surface area contributed by atoms with E-state index in [9.17, 15) is 9.18 Å². The van der Waals surface area contributed by atoms with Crippen molar-refractivity contribution in [3.05, 3.63) is 28.5 Å². The Kier molecular flexibility index (Phi) is 2.07. The Balaban J connectivity index is 2.40. The van der Waals surface area contributed by atoms with Crippen LogP contribution in [0, 0.1) is 5.82 Å². The van der Waals surface area contributed by atoms with E-state index in [4.69, 9.17) is 16.7 Å². The molecule has 2 N–H and O–H groups in total. The first-order valence-corrected chi connectivity index (χ1v) is 4.43. The van der Waals surface area contributed by atoms with E-state index in [0.29, 0.717) is 11.3 Å². The average molecular weight is 216 g/mol. The molecule has 1 heterocycles. The molecule has 0 fully saturated rings. The lowest BCUT2D eigenvalue weighted by Crippen LogP contribution is -2.26. The van der Waals surface area contributed by atoms with Gasteiger partial charge in [0, 0.05) is 17.7 Å². The fourth-order valence-electron chi connectivity index (χ4n) is 1.52. The first-order chi connectivity index (χ1) is 6.59. The molecule has 0 unspecified atom stereocenters. The summed E-state index contributed by atoms with van der Waals surface area (Å²) in [6.45, 7) is 0. The first-order valence-electron chi connectivity index (χ1n) is 4.06. The van der Waals surface area contributed by atoms with Crippen molar-refractivity contribution in [3.8, 4) is 0 Å². The number of benzene rings is 1. The van der Waals surface area contributed by atoms with Gasteiger partial charge in [0.05, 0.1) is 5.02 Å². The quantitative estimate of drug-likeness (QED) is 0.752. The van der Waals surface area contributed by atoms with E-state index in [0.717, 1.165) is 0 Å². The van der Waals surface area contributed by atoms with E-state index in [1.165, 1.54) is 6.07 Å². The molecular formula is C9H7ClFNO2. The van der Waals surface area contributed by atoms with Gasteiger partial charge in [0.1, 0.15) is 11.9 Å². The van der Waals surface area contributed by atoms with Gasteiger partial charge < -0.3 is 10.4 Å². The van der Waals surface area contributed by atoms with Gasteiger partial charge in [-0.3, -0.25) is 0 Å². The molecule has 1 atom stereocenters. The lowest BCUT2D eigenvalue weighted by Gasteiger charge is -2.03. The van der Waals surface area contributed by atoms with Gasteiger partial charge >= 0.3 is 5.97 Å². The number of fused-ring (bicyclic) bond motifs is 1. The van der Waals surface area contributed by atoms with Gasteiger partial charge in [0.25, 0.3) is 0 Å². The van der Waals surface area contributed by atoms with Crippen LogP contribution in [0.15, 0.2) is 12.1 Å². The second kappa shape index (κ2) is 3.13. The molecule has 0 bridgehead atoms. The Labute approximate surface area is 84.5 Å². The maximum Gasteiger partial charge on any atom is 0.326 e. The van der Waals surface area contributed by atoms with E-state index in [-0.39, 0.29) is 11.4 Å². The summed E-state index contributed by atoms with van der Waals surface area (Å²) in [7, 11) is 0. The monoisotopic (exact) mass is 215 g/mol. The SMILES string of the molecule is O=C(O)[C@@H]1Cc2c(ccc(Cl)c2F)N1. The van der Waals surface area contributed by atoms with Crippen LogP contribution in [-0.4, -0.2) is 17.1 Å². The molecule has 0 spiro atoms. The summed E-state index contributed by atoms with van der Waals surface area (Å²) in [5.41, 5.74) is 0.865. The number of carboxylic acid groups (broad SMARTS) is 1. The molecule has 0 amide bonds. The Bertz CT molecular complexity index is 408. The average Bonchev–Trinajstić information content (AvgIpc) is 2.56. The zero-order valence-corrected chi connectivity index (χ0v) is 7.81. The predicted octanol–water partition coefficient (Wildman–Crippen LogP) is 1.90. The number of anilines is 1. The van der Waals surface area contributed by atoms with Gasteiger partial charge in [0.15, 0.2) is 0 Å². The number of hydrogen-bond acceptors (Lipinski definition) is 2. The van der Waals surface area contributed by atoms with Crippen molar-refractivity contribution in [2.45, 2.75) is 12.5 Å². The van der Waals surface area contributed by atoms with Crippen molar-refractivity contribution >= 4 is 23.3 Å². The summed E-state index contributed by atoms with van der Waals surface area (Å²) in [4.78, 5) is 10.6. The van der Waals surface area contributed by atoms with E-state index in [2.05, 4.69) is 5.32 Å². The van der Waals surface area contributed by atoms with Crippen LogP contribution >= 0.6 is 11.6 Å². The molecular weight excluding hydrogens is 209 g/mol. The summed E-state index contributed by atoms with van der Waals surface area (Å²) < 4.78 is 13.4. The standard InChI is InChI=1S/C9H7ClFNO2/c10-5-1-2-6-4(8(5)11)3-7(12-6)9(13)14/h1-2,7,12H,3H2,(H,13,14)/t7-/m0/s1. The van der Waals surface area contributed by atoms with Crippen LogP contribution in [0.3, 0.4) is 0 Å². The van der Waals surface area contributed by atoms with Gasteiger partial charge in [-0.05, 0) is 12.1 Å². The number of aliphatic carboxylic acids is 1. The van der Waals surface area contributed by atoms with Crippen molar-refractivity contribution in [2.24, 2.45) is 0 Å². The first kappa shape index (κ1) is 9.27. The summed E-state index contributed by atoms with van der Waals surface area (Å²) in [5, 5.41) is 11.5. The predicted molar refractivity (Wildman–Crippen MR) is 50.2 cm³/mol. The highest BCUT2D eigenvalue weighted by molar-refractivity contribution is 6.30. The third-order valence-corrected chi connectivity index (χ3v) is 2.52. The zero-order chi connectivity index (χ0) is 10.3. The minimum absolute atomic E-state index is 0.0246. The Morgan fingerprint density at radius 2 is 2.36 bits per heavy atom. The summed E-state index contributed by atoms with van der Waals surface area (Å²) in [6, 6.07) is 2.24. The number of carbonyl (C=O) groups is 1. The number of hydrogen-bond donors (Lipinski definition) is 2. The van der Waals surface area contributed by atoms with Crippen molar-refractivity contribution in [1.29, 1.82) is 0 Å². The van der Waals surface area contributed by atoms with E-state index in [1.54, 1.807) is 6.07 Å². The normalized spacial score (nSPS) is 18.9. The molecule has 1 aliphatic rings. The van der Waals surface area contributed by atoms with Crippen LogP contribution in [-0.2, 0) is 11.2 Å². The molecule has 74 valence electrons. The van der Waals surface area contributed by atoms with E-state index in [1.807, 2.05) is 0 Å². The lowest BCUT2D eigenvalue weighted by molar-refractivity contribution is -0.137. The van der Waals surface area contributed by atoms with Crippen LogP contribution in [0.25, 0.3) is 0 Å². The van der Waals surface area contributed by atoms with Crippen molar-refractivity contribution < 1.29 is 14.3 Å². The molecule has 1 aliphatic heterocycles. The fraction of sp³-hybridized carbons (Fsp3) is 0.222. The molecule has 14 heavy (non-hydrogen) atoms. The molecule has 3 nitrogen and oxygen atoms in total. The van der Waals surface area contributed by atoms with Gasteiger partial charge in [-0.1, -0.05) is 11.6 Å². The van der Waals surface area contributed by atoms with Crippen molar-refractivity contribution in [2.75, 3.05) is 5.32 Å². The Hall–Kier alpha value is -1.29. The third-order valence-electron chi connectivity index (χ3n) is 2.23.